The van der Waals surface area contributed by atoms with E-state index in [2.05, 4.69) is 15.3 Å². The Kier molecular flexibility index (Phi) is 5.30. The molecule has 2 aromatic heterocycles. The van der Waals surface area contributed by atoms with Crippen LogP contribution in [0.15, 0.2) is 36.7 Å². The predicted molar refractivity (Wildman–Crippen MR) is 96.9 cm³/mol. The summed E-state index contributed by atoms with van der Waals surface area (Å²) in [7, 11) is 0. The molecular formula is C17H13Cl2F3N4O. The Balaban J connectivity index is 2.02. The van der Waals surface area contributed by atoms with Crippen molar-refractivity contribution in [3.63, 3.8) is 0 Å². The number of rotatable bonds is 4. The molecule has 3 rings (SSSR count). The van der Waals surface area contributed by atoms with E-state index in [0.29, 0.717) is 21.3 Å². The van der Waals surface area contributed by atoms with E-state index in [9.17, 15) is 18.0 Å². The molecule has 1 amide bonds. The summed E-state index contributed by atoms with van der Waals surface area (Å²) in [5, 5.41) is 3.21. The molecular weight excluding hydrogens is 404 g/mol. The van der Waals surface area contributed by atoms with E-state index < -0.39 is 24.4 Å². The van der Waals surface area contributed by atoms with E-state index in [-0.39, 0.29) is 11.6 Å². The fourth-order valence-corrected chi connectivity index (χ4v) is 2.82. The van der Waals surface area contributed by atoms with Gasteiger partial charge >= 0.3 is 6.18 Å². The van der Waals surface area contributed by atoms with Crippen LogP contribution in [0.2, 0.25) is 10.0 Å². The number of carbonyl (C=O) groups excluding carboxylic acids is 1. The van der Waals surface area contributed by atoms with E-state index in [0.717, 1.165) is 6.92 Å². The zero-order valence-corrected chi connectivity index (χ0v) is 15.4. The average molecular weight is 417 g/mol. The maximum absolute atomic E-state index is 12.7. The molecule has 3 aromatic rings. The third kappa shape index (κ3) is 4.33. The Bertz CT molecular complexity index is 1000. The van der Waals surface area contributed by atoms with Crippen molar-refractivity contribution >= 4 is 40.7 Å². The molecule has 1 N–H and O–H groups in total. The number of amides is 1. The second-order valence-electron chi connectivity index (χ2n) is 5.96. The van der Waals surface area contributed by atoms with E-state index in [1.807, 2.05) is 0 Å². The zero-order valence-electron chi connectivity index (χ0n) is 13.9. The van der Waals surface area contributed by atoms with Crippen LogP contribution in [0.5, 0.6) is 0 Å². The summed E-state index contributed by atoms with van der Waals surface area (Å²) < 4.78 is 39.7. The fourth-order valence-electron chi connectivity index (χ4n) is 2.49. The fraction of sp³-hybridized carbons (Fsp3) is 0.235. The monoisotopic (exact) mass is 416 g/mol. The quantitative estimate of drug-likeness (QED) is 0.633. The van der Waals surface area contributed by atoms with Gasteiger partial charge in [0.05, 0.1) is 22.8 Å². The summed E-state index contributed by atoms with van der Waals surface area (Å²) in [5.41, 5.74) is 1.01. The molecule has 0 radical (unpaired) electrons. The minimum atomic E-state index is -4.46. The molecule has 10 heteroatoms. The molecule has 0 bridgehead atoms. The summed E-state index contributed by atoms with van der Waals surface area (Å²) in [4.78, 5) is 20.4. The molecule has 0 aliphatic heterocycles. The number of halogens is 5. The number of nitrogens with one attached hydrogen (secondary N) is 1. The number of alkyl halides is 3. The van der Waals surface area contributed by atoms with Crippen molar-refractivity contribution in [1.29, 1.82) is 0 Å². The van der Waals surface area contributed by atoms with Gasteiger partial charge in [0.1, 0.15) is 0 Å². The molecule has 27 heavy (non-hydrogen) atoms. The highest BCUT2D eigenvalue weighted by Gasteiger charge is 2.37. The second-order valence-corrected chi connectivity index (χ2v) is 6.83. The highest BCUT2D eigenvalue weighted by molar-refractivity contribution is 6.31. The van der Waals surface area contributed by atoms with E-state index in [1.54, 1.807) is 30.5 Å². The molecule has 1 aromatic carbocycles. The Labute approximate surface area is 162 Å². The van der Waals surface area contributed by atoms with Crippen molar-refractivity contribution in [2.75, 3.05) is 5.32 Å². The minimum absolute atomic E-state index is 0.0754. The first-order valence-corrected chi connectivity index (χ1v) is 8.57. The minimum Gasteiger partial charge on any atom is -0.309 e. The second kappa shape index (κ2) is 7.36. The van der Waals surface area contributed by atoms with Gasteiger partial charge in [-0.25, -0.2) is 4.98 Å². The van der Waals surface area contributed by atoms with Crippen molar-refractivity contribution in [1.82, 2.24) is 14.4 Å². The van der Waals surface area contributed by atoms with Crippen molar-refractivity contribution < 1.29 is 18.0 Å². The lowest BCUT2D eigenvalue weighted by Gasteiger charge is -2.15. The largest absolute Gasteiger partial charge is 0.392 e. The van der Waals surface area contributed by atoms with Crippen molar-refractivity contribution in [2.45, 2.75) is 19.5 Å². The third-order valence-electron chi connectivity index (χ3n) is 3.85. The summed E-state index contributed by atoms with van der Waals surface area (Å²) in [6, 6.07) is 6.74. The van der Waals surface area contributed by atoms with Crippen LogP contribution in [0.25, 0.3) is 17.0 Å². The Hall–Kier alpha value is -2.32. The van der Waals surface area contributed by atoms with Gasteiger partial charge in [-0.1, -0.05) is 42.3 Å². The predicted octanol–water partition coefficient (Wildman–Crippen LogP) is 5.23. The number of hydrogen-bond acceptors (Lipinski definition) is 3. The first-order valence-electron chi connectivity index (χ1n) is 7.81. The van der Waals surface area contributed by atoms with Crippen LogP contribution in [0.1, 0.15) is 13.3 Å². The van der Waals surface area contributed by atoms with Crippen LogP contribution in [-0.2, 0) is 4.79 Å². The number of fused-ring (bicyclic) bond motifs is 1. The van der Waals surface area contributed by atoms with Gasteiger partial charge < -0.3 is 5.32 Å². The molecule has 0 fully saturated rings. The van der Waals surface area contributed by atoms with Gasteiger partial charge in [0, 0.05) is 23.2 Å². The van der Waals surface area contributed by atoms with E-state index in [1.165, 1.54) is 10.6 Å². The standard InChI is InChI=1S/C17H13Cl2F3N4O/c1-9(17(20,21)22)5-13(27)24-15-14(10-3-2-4-11(18)6-10)26-8-12(19)7-23-16(26)25-15/h2-4,6-9H,5H2,1H3,(H,24,27). The molecule has 0 aliphatic rings. The van der Waals surface area contributed by atoms with Crippen LogP contribution in [0.3, 0.4) is 0 Å². The lowest BCUT2D eigenvalue weighted by Crippen LogP contribution is -2.25. The molecule has 1 atom stereocenters. The smallest absolute Gasteiger partial charge is 0.309 e. The van der Waals surface area contributed by atoms with Crippen molar-refractivity contribution in [2.24, 2.45) is 5.92 Å². The maximum atomic E-state index is 12.7. The number of benzene rings is 1. The van der Waals surface area contributed by atoms with Crippen molar-refractivity contribution in [3.8, 4) is 11.3 Å². The van der Waals surface area contributed by atoms with Crippen LogP contribution >= 0.6 is 23.2 Å². The van der Waals surface area contributed by atoms with E-state index in [4.69, 9.17) is 23.2 Å². The Morgan fingerprint density at radius 1 is 1.30 bits per heavy atom. The summed E-state index contributed by atoms with van der Waals surface area (Å²) in [6.45, 7) is 0.947. The molecule has 5 nitrogen and oxygen atoms in total. The highest BCUT2D eigenvalue weighted by Crippen LogP contribution is 2.32. The van der Waals surface area contributed by atoms with Crippen LogP contribution in [0, 0.1) is 5.92 Å². The van der Waals surface area contributed by atoms with Crippen LogP contribution in [-0.4, -0.2) is 26.5 Å². The molecule has 1 unspecified atom stereocenters. The average Bonchev–Trinajstić information content (AvgIpc) is 2.90. The number of nitrogens with zero attached hydrogens (tertiary/aromatic N) is 3. The molecule has 0 spiro atoms. The normalized spacial score (nSPS) is 13.0. The van der Waals surface area contributed by atoms with Gasteiger partial charge in [0.15, 0.2) is 5.82 Å². The zero-order chi connectivity index (χ0) is 19.8. The van der Waals surface area contributed by atoms with Crippen LogP contribution in [0.4, 0.5) is 19.0 Å². The van der Waals surface area contributed by atoms with Gasteiger partial charge in [-0.3, -0.25) is 9.20 Å². The first kappa shape index (κ1) is 19.4. The summed E-state index contributed by atoms with van der Waals surface area (Å²) in [5.74, 6) is -2.28. The number of anilines is 1. The lowest BCUT2D eigenvalue weighted by molar-refractivity contribution is -0.173. The summed E-state index contributed by atoms with van der Waals surface area (Å²) >= 11 is 12.0. The number of imidazole rings is 1. The van der Waals surface area contributed by atoms with Crippen LogP contribution < -0.4 is 5.32 Å². The molecule has 0 saturated carbocycles. The van der Waals surface area contributed by atoms with Crippen molar-refractivity contribution in [3.05, 3.63) is 46.7 Å². The first-order chi connectivity index (χ1) is 12.6. The molecule has 0 aliphatic carbocycles. The van der Waals surface area contributed by atoms with Gasteiger partial charge in [-0.15, -0.1) is 0 Å². The highest BCUT2D eigenvalue weighted by atomic mass is 35.5. The maximum Gasteiger partial charge on any atom is 0.392 e. The number of aromatic nitrogens is 3. The lowest BCUT2D eigenvalue weighted by atomic mass is 10.1. The molecule has 2 heterocycles. The Morgan fingerprint density at radius 3 is 2.70 bits per heavy atom. The van der Waals surface area contributed by atoms with E-state index >= 15 is 0 Å². The number of hydrogen-bond donors (Lipinski definition) is 1. The number of carbonyl (C=O) groups is 1. The van der Waals surface area contributed by atoms with Gasteiger partial charge in [0.25, 0.3) is 0 Å². The van der Waals surface area contributed by atoms with Gasteiger partial charge in [-0.2, -0.15) is 18.2 Å². The molecule has 142 valence electrons. The van der Waals surface area contributed by atoms with Gasteiger partial charge in [0.2, 0.25) is 11.7 Å². The Morgan fingerprint density at radius 2 is 2.04 bits per heavy atom. The third-order valence-corrected chi connectivity index (χ3v) is 4.28. The summed E-state index contributed by atoms with van der Waals surface area (Å²) in [6.07, 6.45) is -2.26. The topological polar surface area (TPSA) is 59.3 Å². The SMILES string of the molecule is CC(CC(=O)Nc1nc2ncc(Cl)cn2c1-c1cccc(Cl)c1)C(F)(F)F. The molecule has 0 saturated heterocycles. The van der Waals surface area contributed by atoms with Gasteiger partial charge in [-0.05, 0) is 12.1 Å².